The van der Waals surface area contributed by atoms with Crippen LogP contribution in [0.1, 0.15) is 15.9 Å². The number of aromatic nitrogens is 1. The number of nitrogens with zero attached hydrogens (tertiary/aromatic N) is 1. The number of ether oxygens (including phenoxy) is 2. The lowest BCUT2D eigenvalue weighted by molar-refractivity contribution is -0.137. The van der Waals surface area contributed by atoms with E-state index in [0.717, 1.165) is 12.1 Å². The second-order valence-corrected chi connectivity index (χ2v) is 7.17. The molecule has 0 fully saturated rings. The molecule has 5 nitrogen and oxygen atoms in total. The number of nitrogens with one attached hydrogen (secondary N) is 1. The zero-order valence-electron chi connectivity index (χ0n) is 17.7. The average molecular weight is 452 g/mol. The molecule has 0 unspecified atom stereocenters. The van der Waals surface area contributed by atoms with Crippen molar-refractivity contribution in [2.75, 3.05) is 19.5 Å². The second-order valence-electron chi connectivity index (χ2n) is 7.17. The highest BCUT2D eigenvalue weighted by atomic mass is 19.4. The average Bonchev–Trinajstić information content (AvgIpc) is 2.82. The van der Waals surface area contributed by atoms with E-state index < -0.39 is 17.6 Å². The Morgan fingerprint density at radius 2 is 1.70 bits per heavy atom. The smallest absolute Gasteiger partial charge is 0.416 e. The Hall–Kier alpha value is -4.07. The third-order valence-electron chi connectivity index (χ3n) is 5.09. The quantitative estimate of drug-likeness (QED) is 0.392. The first-order valence-electron chi connectivity index (χ1n) is 9.91. The normalized spacial score (nSPS) is 11.3. The Balaban J connectivity index is 1.79. The van der Waals surface area contributed by atoms with Crippen molar-refractivity contribution in [3.63, 3.8) is 0 Å². The van der Waals surface area contributed by atoms with Gasteiger partial charge in [0.2, 0.25) is 0 Å². The van der Waals surface area contributed by atoms with Crippen molar-refractivity contribution in [2.24, 2.45) is 0 Å². The van der Waals surface area contributed by atoms with Crippen LogP contribution in [0, 0.1) is 0 Å². The summed E-state index contributed by atoms with van der Waals surface area (Å²) < 4.78 is 49.9. The summed E-state index contributed by atoms with van der Waals surface area (Å²) in [5.74, 6) is 0.543. The number of hydrogen-bond acceptors (Lipinski definition) is 4. The molecule has 0 aliphatic rings. The van der Waals surface area contributed by atoms with Crippen LogP contribution in [-0.4, -0.2) is 25.1 Å². The SMILES string of the molecule is COc1ccc(-c2cc(C(=O)Nc3cccc(C(F)(F)F)c3)c3ccccc3n2)c(OC)c1. The van der Waals surface area contributed by atoms with Gasteiger partial charge in [0.1, 0.15) is 11.5 Å². The molecule has 0 spiro atoms. The zero-order valence-corrected chi connectivity index (χ0v) is 17.7. The summed E-state index contributed by atoms with van der Waals surface area (Å²) in [6, 6.07) is 18.4. The van der Waals surface area contributed by atoms with Crippen LogP contribution >= 0.6 is 0 Å². The van der Waals surface area contributed by atoms with Crippen LogP contribution in [0.3, 0.4) is 0 Å². The van der Waals surface area contributed by atoms with Crippen LogP contribution in [0.25, 0.3) is 22.2 Å². The lowest BCUT2D eigenvalue weighted by atomic mass is 10.0. The minimum absolute atomic E-state index is 0.0410. The van der Waals surface area contributed by atoms with E-state index in [1.54, 1.807) is 55.6 Å². The standard InChI is InChI=1S/C25H19F3N2O3/c1-32-17-10-11-19(23(13-17)33-2)22-14-20(18-8-3-4-9-21(18)30-22)24(31)29-16-7-5-6-15(12-16)25(26,27)28/h3-14H,1-2H3,(H,29,31). The predicted octanol–water partition coefficient (Wildman–Crippen LogP) is 6.19. The summed E-state index contributed by atoms with van der Waals surface area (Å²) in [5.41, 5.74) is 1.13. The number of rotatable bonds is 5. The topological polar surface area (TPSA) is 60.5 Å². The maximum atomic E-state index is 13.2. The van der Waals surface area contributed by atoms with Crippen LogP contribution in [0.15, 0.2) is 72.8 Å². The summed E-state index contributed by atoms with van der Waals surface area (Å²) in [6.07, 6.45) is -4.51. The Morgan fingerprint density at radius 3 is 2.42 bits per heavy atom. The fourth-order valence-electron chi connectivity index (χ4n) is 3.48. The largest absolute Gasteiger partial charge is 0.497 e. The van der Waals surface area contributed by atoms with Gasteiger partial charge in [-0.1, -0.05) is 24.3 Å². The third-order valence-corrected chi connectivity index (χ3v) is 5.09. The molecule has 1 heterocycles. The van der Waals surface area contributed by atoms with Crippen LogP contribution in [-0.2, 0) is 6.18 Å². The number of anilines is 1. The number of carbonyl (C=O) groups is 1. The van der Waals surface area contributed by atoms with E-state index >= 15 is 0 Å². The molecule has 1 aromatic heterocycles. The van der Waals surface area contributed by atoms with Gasteiger partial charge in [0.15, 0.2) is 0 Å². The number of amides is 1. The molecule has 3 aromatic carbocycles. The number of pyridine rings is 1. The molecular formula is C25H19F3N2O3. The molecule has 0 bridgehead atoms. The number of para-hydroxylation sites is 1. The van der Waals surface area contributed by atoms with E-state index in [0.29, 0.717) is 33.7 Å². The summed E-state index contributed by atoms with van der Waals surface area (Å²) in [6.45, 7) is 0. The van der Waals surface area contributed by atoms with E-state index in [9.17, 15) is 18.0 Å². The molecule has 0 aliphatic carbocycles. The monoisotopic (exact) mass is 452 g/mol. The molecule has 0 radical (unpaired) electrons. The van der Waals surface area contributed by atoms with Crippen molar-refractivity contribution in [2.45, 2.75) is 6.18 Å². The van der Waals surface area contributed by atoms with Crippen molar-refractivity contribution in [3.05, 3.63) is 83.9 Å². The Kier molecular flexibility index (Phi) is 5.91. The highest BCUT2D eigenvalue weighted by Gasteiger charge is 2.30. The lowest BCUT2D eigenvalue weighted by Crippen LogP contribution is -2.14. The first-order chi connectivity index (χ1) is 15.8. The lowest BCUT2D eigenvalue weighted by Gasteiger charge is -2.14. The second kappa shape index (κ2) is 8.82. The summed E-state index contributed by atoms with van der Waals surface area (Å²) in [5, 5.41) is 3.14. The molecule has 0 saturated carbocycles. The summed E-state index contributed by atoms with van der Waals surface area (Å²) in [7, 11) is 3.06. The Bertz CT molecular complexity index is 1340. The molecule has 0 saturated heterocycles. The maximum absolute atomic E-state index is 13.2. The molecule has 4 rings (SSSR count). The van der Waals surface area contributed by atoms with E-state index in [1.807, 2.05) is 0 Å². The van der Waals surface area contributed by atoms with Gasteiger partial charge >= 0.3 is 6.18 Å². The van der Waals surface area contributed by atoms with Gasteiger partial charge in [0.25, 0.3) is 5.91 Å². The van der Waals surface area contributed by atoms with Gasteiger partial charge in [-0.2, -0.15) is 13.2 Å². The molecule has 168 valence electrons. The number of halogens is 3. The fourth-order valence-corrected chi connectivity index (χ4v) is 3.48. The van der Waals surface area contributed by atoms with Gasteiger partial charge in [-0.25, -0.2) is 4.98 Å². The van der Waals surface area contributed by atoms with Crippen molar-refractivity contribution >= 4 is 22.5 Å². The first-order valence-corrected chi connectivity index (χ1v) is 9.91. The van der Waals surface area contributed by atoms with Crippen LogP contribution in [0.2, 0.25) is 0 Å². The van der Waals surface area contributed by atoms with E-state index in [2.05, 4.69) is 10.3 Å². The molecule has 0 aliphatic heterocycles. The number of benzene rings is 3. The molecule has 8 heteroatoms. The highest BCUT2D eigenvalue weighted by molar-refractivity contribution is 6.13. The number of carbonyl (C=O) groups excluding carboxylic acids is 1. The molecular weight excluding hydrogens is 433 g/mol. The third kappa shape index (κ3) is 4.59. The molecule has 4 aromatic rings. The predicted molar refractivity (Wildman–Crippen MR) is 120 cm³/mol. The minimum Gasteiger partial charge on any atom is -0.497 e. The van der Waals surface area contributed by atoms with Crippen LogP contribution in [0.4, 0.5) is 18.9 Å². The van der Waals surface area contributed by atoms with Gasteiger partial charge in [0, 0.05) is 22.7 Å². The molecule has 1 amide bonds. The van der Waals surface area contributed by atoms with Crippen molar-refractivity contribution < 1.29 is 27.4 Å². The molecule has 0 atom stereocenters. The van der Waals surface area contributed by atoms with E-state index in [1.165, 1.54) is 19.2 Å². The van der Waals surface area contributed by atoms with Crippen molar-refractivity contribution in [3.8, 4) is 22.8 Å². The summed E-state index contributed by atoms with van der Waals surface area (Å²) in [4.78, 5) is 17.8. The maximum Gasteiger partial charge on any atom is 0.416 e. The number of alkyl halides is 3. The van der Waals surface area contributed by atoms with Gasteiger partial charge in [0.05, 0.1) is 36.6 Å². The first kappa shape index (κ1) is 22.1. The van der Waals surface area contributed by atoms with Gasteiger partial charge in [-0.05, 0) is 42.5 Å². The van der Waals surface area contributed by atoms with Crippen LogP contribution < -0.4 is 14.8 Å². The number of methoxy groups -OCH3 is 2. The Morgan fingerprint density at radius 1 is 0.909 bits per heavy atom. The molecule has 1 N–H and O–H groups in total. The van der Waals surface area contributed by atoms with Gasteiger partial charge < -0.3 is 14.8 Å². The van der Waals surface area contributed by atoms with E-state index in [-0.39, 0.29) is 11.3 Å². The van der Waals surface area contributed by atoms with E-state index in [4.69, 9.17) is 9.47 Å². The van der Waals surface area contributed by atoms with Gasteiger partial charge in [-0.3, -0.25) is 4.79 Å². The zero-order chi connectivity index (χ0) is 23.6. The van der Waals surface area contributed by atoms with Crippen molar-refractivity contribution in [1.29, 1.82) is 0 Å². The van der Waals surface area contributed by atoms with Gasteiger partial charge in [-0.15, -0.1) is 0 Å². The Labute approximate surface area is 187 Å². The molecule has 33 heavy (non-hydrogen) atoms. The fraction of sp³-hybridized carbons (Fsp3) is 0.120. The number of hydrogen-bond donors (Lipinski definition) is 1. The van der Waals surface area contributed by atoms with Crippen LogP contribution in [0.5, 0.6) is 11.5 Å². The summed E-state index contributed by atoms with van der Waals surface area (Å²) >= 11 is 0. The minimum atomic E-state index is -4.51. The highest BCUT2D eigenvalue weighted by Crippen LogP contribution is 2.35. The van der Waals surface area contributed by atoms with Crippen molar-refractivity contribution in [1.82, 2.24) is 4.98 Å². The number of fused-ring (bicyclic) bond motifs is 1.